The number of carbonyl (C=O) groups is 1. The van der Waals surface area contributed by atoms with E-state index in [1.807, 2.05) is 19.1 Å². The van der Waals surface area contributed by atoms with Crippen molar-refractivity contribution in [3.8, 4) is 0 Å². The third kappa shape index (κ3) is 2.45. The van der Waals surface area contributed by atoms with Crippen molar-refractivity contribution in [3.63, 3.8) is 0 Å². The monoisotopic (exact) mass is 252 g/mol. The molecule has 0 heterocycles. The lowest BCUT2D eigenvalue weighted by Gasteiger charge is -2.31. The predicted molar refractivity (Wildman–Crippen MR) is 68.8 cm³/mol. The van der Waals surface area contributed by atoms with Crippen molar-refractivity contribution in [1.29, 1.82) is 0 Å². The van der Waals surface area contributed by atoms with Crippen LogP contribution in [0.3, 0.4) is 0 Å². The van der Waals surface area contributed by atoms with Crippen LogP contribution in [0.4, 0.5) is 0 Å². The summed E-state index contributed by atoms with van der Waals surface area (Å²) in [6.07, 6.45) is 2.87. The van der Waals surface area contributed by atoms with Gasteiger partial charge in [0, 0.05) is 11.1 Å². The maximum Gasteiger partial charge on any atom is 0.242 e. The number of primary amides is 1. The van der Waals surface area contributed by atoms with Gasteiger partial charge in [-0.25, -0.2) is 0 Å². The van der Waals surface area contributed by atoms with Crippen molar-refractivity contribution >= 4 is 17.5 Å². The predicted octanol–water partition coefficient (Wildman–Crippen LogP) is 2.18. The molecule has 1 atom stereocenters. The summed E-state index contributed by atoms with van der Waals surface area (Å²) >= 11 is 5.87. The zero-order valence-electron chi connectivity index (χ0n) is 9.87. The van der Waals surface area contributed by atoms with Gasteiger partial charge >= 0.3 is 0 Å². The van der Waals surface area contributed by atoms with Crippen LogP contribution >= 0.6 is 11.6 Å². The summed E-state index contributed by atoms with van der Waals surface area (Å²) in [5.74, 6) is -0.325. The molecule has 1 aromatic rings. The van der Waals surface area contributed by atoms with Gasteiger partial charge in [-0.05, 0) is 37.0 Å². The van der Waals surface area contributed by atoms with Crippen molar-refractivity contribution in [2.24, 2.45) is 5.73 Å². The number of carbonyl (C=O) groups excluding carboxylic acids is 1. The van der Waals surface area contributed by atoms with Crippen molar-refractivity contribution < 1.29 is 4.79 Å². The third-order valence-corrected chi connectivity index (χ3v) is 3.57. The molecule has 1 aromatic carbocycles. The van der Waals surface area contributed by atoms with E-state index in [1.165, 1.54) is 0 Å². The minimum Gasteiger partial charge on any atom is -0.368 e. The Morgan fingerprint density at radius 2 is 2.06 bits per heavy atom. The number of hydrogen-bond donors (Lipinski definition) is 2. The van der Waals surface area contributed by atoms with Crippen LogP contribution in [0.2, 0.25) is 5.02 Å². The molecule has 0 aromatic heterocycles. The van der Waals surface area contributed by atoms with E-state index in [0.29, 0.717) is 17.5 Å². The Kier molecular flexibility index (Phi) is 3.40. The maximum atomic E-state index is 11.8. The van der Waals surface area contributed by atoms with Gasteiger partial charge in [0.25, 0.3) is 0 Å². The minimum atomic E-state index is -0.758. The van der Waals surface area contributed by atoms with E-state index in [1.54, 1.807) is 12.1 Å². The lowest BCUT2D eigenvalue weighted by Crippen LogP contribution is -2.53. The van der Waals surface area contributed by atoms with Gasteiger partial charge in [-0.15, -0.1) is 0 Å². The Hall–Kier alpha value is -1.06. The summed E-state index contributed by atoms with van der Waals surface area (Å²) in [5.41, 5.74) is 5.73. The molecule has 1 aliphatic carbocycles. The molecule has 3 N–H and O–H groups in total. The number of rotatable bonds is 5. The van der Waals surface area contributed by atoms with Crippen LogP contribution in [0.1, 0.15) is 31.7 Å². The molecule has 1 aliphatic rings. The minimum absolute atomic E-state index is 0.325. The van der Waals surface area contributed by atoms with E-state index in [0.717, 1.165) is 18.4 Å². The lowest BCUT2D eigenvalue weighted by atomic mass is 9.86. The summed E-state index contributed by atoms with van der Waals surface area (Å²) in [5, 5.41) is 4.03. The van der Waals surface area contributed by atoms with E-state index < -0.39 is 5.54 Å². The highest BCUT2D eigenvalue weighted by atomic mass is 35.5. The number of halogens is 1. The van der Waals surface area contributed by atoms with Gasteiger partial charge in [0.2, 0.25) is 5.91 Å². The second-order valence-electron chi connectivity index (χ2n) is 4.55. The molecule has 0 saturated heterocycles. The van der Waals surface area contributed by atoms with E-state index >= 15 is 0 Å². The first-order valence-corrected chi connectivity index (χ1v) is 6.30. The van der Waals surface area contributed by atoms with Gasteiger partial charge in [-0.1, -0.05) is 30.7 Å². The number of nitrogens with one attached hydrogen (secondary N) is 1. The topological polar surface area (TPSA) is 55.1 Å². The lowest BCUT2D eigenvalue weighted by molar-refractivity contribution is -0.125. The van der Waals surface area contributed by atoms with Crippen LogP contribution in [-0.2, 0) is 10.3 Å². The average molecular weight is 253 g/mol. The molecule has 0 bridgehead atoms. The first-order chi connectivity index (χ1) is 8.08. The molecule has 3 nitrogen and oxygen atoms in total. The smallest absolute Gasteiger partial charge is 0.242 e. The van der Waals surface area contributed by atoms with Gasteiger partial charge in [0.15, 0.2) is 0 Å². The molecule has 17 heavy (non-hydrogen) atoms. The van der Waals surface area contributed by atoms with Crippen LogP contribution < -0.4 is 11.1 Å². The average Bonchev–Trinajstić information content (AvgIpc) is 3.10. The van der Waals surface area contributed by atoms with E-state index in [9.17, 15) is 4.79 Å². The molecule has 92 valence electrons. The largest absolute Gasteiger partial charge is 0.368 e. The molecule has 1 saturated carbocycles. The molecular formula is C13H17ClN2O. The number of amides is 1. The molecule has 0 radical (unpaired) electrons. The third-order valence-electron chi connectivity index (χ3n) is 3.32. The van der Waals surface area contributed by atoms with Crippen molar-refractivity contribution in [2.45, 2.75) is 37.8 Å². The van der Waals surface area contributed by atoms with Crippen molar-refractivity contribution in [1.82, 2.24) is 5.32 Å². The van der Waals surface area contributed by atoms with Crippen LogP contribution in [0.25, 0.3) is 0 Å². The van der Waals surface area contributed by atoms with E-state index in [2.05, 4.69) is 5.32 Å². The molecule has 4 heteroatoms. The fourth-order valence-corrected chi connectivity index (χ4v) is 2.21. The van der Waals surface area contributed by atoms with Crippen molar-refractivity contribution in [2.75, 3.05) is 0 Å². The number of nitrogens with two attached hydrogens (primary N) is 1. The summed E-state index contributed by atoms with van der Waals surface area (Å²) in [6, 6.07) is 7.73. The Labute approximate surface area is 106 Å². The normalized spacial score (nSPS) is 18.7. The van der Waals surface area contributed by atoms with Crippen LogP contribution in [0.15, 0.2) is 24.3 Å². The van der Waals surface area contributed by atoms with Crippen LogP contribution in [0.5, 0.6) is 0 Å². The summed E-state index contributed by atoms with van der Waals surface area (Å²) in [6.45, 7) is 1.97. The number of hydrogen-bond acceptors (Lipinski definition) is 2. The second kappa shape index (κ2) is 4.67. The Morgan fingerprint density at radius 3 is 2.47 bits per heavy atom. The molecule has 2 rings (SSSR count). The first-order valence-electron chi connectivity index (χ1n) is 5.92. The zero-order valence-corrected chi connectivity index (χ0v) is 10.6. The van der Waals surface area contributed by atoms with Gasteiger partial charge in [-0.3, -0.25) is 10.1 Å². The van der Waals surface area contributed by atoms with Crippen LogP contribution in [0, 0.1) is 0 Å². The first kappa shape index (κ1) is 12.4. The molecular weight excluding hydrogens is 236 g/mol. The molecule has 1 unspecified atom stereocenters. The Balaban J connectivity index is 2.36. The summed E-state index contributed by atoms with van der Waals surface area (Å²) in [4.78, 5) is 11.8. The maximum absolute atomic E-state index is 11.8. The zero-order chi connectivity index (χ0) is 12.5. The van der Waals surface area contributed by atoms with Crippen LogP contribution in [-0.4, -0.2) is 11.9 Å². The summed E-state index contributed by atoms with van der Waals surface area (Å²) < 4.78 is 0. The van der Waals surface area contributed by atoms with Crippen molar-refractivity contribution in [3.05, 3.63) is 34.9 Å². The highest BCUT2D eigenvalue weighted by Gasteiger charge is 2.41. The van der Waals surface area contributed by atoms with Gasteiger partial charge in [0.1, 0.15) is 5.54 Å². The van der Waals surface area contributed by atoms with E-state index in [-0.39, 0.29) is 5.91 Å². The SMILES string of the molecule is CCC(NC1CC1)(C(N)=O)c1ccc(Cl)cc1. The quantitative estimate of drug-likeness (QED) is 0.844. The second-order valence-corrected chi connectivity index (χ2v) is 4.99. The number of benzene rings is 1. The van der Waals surface area contributed by atoms with Gasteiger partial charge < -0.3 is 5.73 Å². The Morgan fingerprint density at radius 1 is 1.47 bits per heavy atom. The van der Waals surface area contributed by atoms with E-state index in [4.69, 9.17) is 17.3 Å². The summed E-state index contributed by atoms with van der Waals surface area (Å²) in [7, 11) is 0. The molecule has 1 fully saturated rings. The molecule has 0 aliphatic heterocycles. The molecule has 0 spiro atoms. The molecule has 1 amide bonds. The highest BCUT2D eigenvalue weighted by Crippen LogP contribution is 2.31. The standard InChI is InChI=1S/C13H17ClN2O/c1-2-13(12(15)17,16-11-7-8-11)9-3-5-10(14)6-4-9/h3-6,11,16H,2,7-8H2,1H3,(H2,15,17). The van der Waals surface area contributed by atoms with Gasteiger partial charge in [-0.2, -0.15) is 0 Å². The van der Waals surface area contributed by atoms with Gasteiger partial charge in [0.05, 0.1) is 0 Å². The fourth-order valence-electron chi connectivity index (χ4n) is 2.09. The fraction of sp³-hybridized carbons (Fsp3) is 0.462. The highest BCUT2D eigenvalue weighted by molar-refractivity contribution is 6.30. The Bertz CT molecular complexity index is 414.